The molecule has 3 nitrogen and oxygen atoms in total. The molecule has 4 heteroatoms. The highest BCUT2D eigenvalue weighted by Gasteiger charge is 2.35. The number of rotatable bonds is 8. The lowest BCUT2D eigenvalue weighted by Gasteiger charge is -2.35. The van der Waals surface area contributed by atoms with Crippen molar-refractivity contribution in [3.05, 3.63) is 65.7 Å². The number of hydroxylamine groups is 3. The summed E-state index contributed by atoms with van der Waals surface area (Å²) in [6.45, 7) is 14.2. The topological polar surface area (TPSA) is 18.5 Å². The van der Waals surface area contributed by atoms with Crippen LogP contribution in [0.15, 0.2) is 54.6 Å². The Kier molecular flexibility index (Phi) is 8.94. The summed E-state index contributed by atoms with van der Waals surface area (Å²) in [6, 6.07) is 18.8. The number of quaternary nitrogens is 1. The maximum absolute atomic E-state index is 6.37. The molecule has 0 aliphatic carbocycles. The molecule has 0 saturated carbocycles. The van der Waals surface area contributed by atoms with Crippen LogP contribution in [0, 0.1) is 5.41 Å². The summed E-state index contributed by atoms with van der Waals surface area (Å²) in [5, 5.41) is 0. The van der Waals surface area contributed by atoms with Gasteiger partial charge in [0.05, 0.1) is 5.56 Å². The van der Waals surface area contributed by atoms with E-state index in [2.05, 4.69) is 58.9 Å². The van der Waals surface area contributed by atoms with Crippen molar-refractivity contribution in [2.75, 3.05) is 20.7 Å². The minimum absolute atomic E-state index is 0. The first-order valence-electron chi connectivity index (χ1n) is 10.2. The molecule has 0 aliphatic heterocycles. The van der Waals surface area contributed by atoms with E-state index in [1.54, 1.807) is 0 Å². The lowest BCUT2D eigenvalue weighted by molar-refractivity contribution is -1.11. The molecule has 1 unspecified atom stereocenters. The smallest absolute Gasteiger partial charge is 0.289 e. The van der Waals surface area contributed by atoms with Crippen molar-refractivity contribution in [3.8, 4) is 5.75 Å². The van der Waals surface area contributed by atoms with Gasteiger partial charge in [-0.05, 0) is 54.0 Å². The second-order valence-electron chi connectivity index (χ2n) is 9.88. The molecule has 0 spiro atoms. The molecule has 1 atom stereocenters. The zero-order valence-electron chi connectivity index (χ0n) is 19.3. The molecule has 0 fully saturated rings. The highest BCUT2D eigenvalue weighted by Crippen LogP contribution is 2.37. The van der Waals surface area contributed by atoms with E-state index in [1.165, 1.54) is 5.56 Å². The van der Waals surface area contributed by atoms with Gasteiger partial charge < -0.3 is 21.7 Å². The summed E-state index contributed by atoms with van der Waals surface area (Å²) in [6.07, 6.45) is 0.881. The van der Waals surface area contributed by atoms with Gasteiger partial charge in [0, 0.05) is 0 Å². The molecule has 29 heavy (non-hydrogen) atoms. The predicted molar refractivity (Wildman–Crippen MR) is 117 cm³/mol. The molecule has 0 saturated heterocycles. The Bertz CT molecular complexity index is 734. The molecule has 0 aromatic heterocycles. The first-order chi connectivity index (χ1) is 12.9. The summed E-state index contributed by atoms with van der Waals surface area (Å²) in [7, 11) is 4.07. The first-order valence-corrected chi connectivity index (χ1v) is 10.2. The fourth-order valence-electron chi connectivity index (χ4n) is 4.11. The lowest BCUT2D eigenvalue weighted by Crippen LogP contribution is -3.00. The van der Waals surface area contributed by atoms with Crippen molar-refractivity contribution in [1.82, 2.24) is 0 Å². The molecule has 0 heterocycles. The third-order valence-corrected chi connectivity index (χ3v) is 4.97. The Morgan fingerprint density at radius 1 is 0.862 bits per heavy atom. The van der Waals surface area contributed by atoms with Gasteiger partial charge in [0.15, 0.2) is 0 Å². The molecule has 0 amide bonds. The quantitative estimate of drug-likeness (QED) is 0.338. The minimum Gasteiger partial charge on any atom is -1.00 e. The summed E-state index contributed by atoms with van der Waals surface area (Å²) < 4.78 is 6.67. The fourth-order valence-corrected chi connectivity index (χ4v) is 4.11. The normalized spacial score (nSPS) is 13.5. The van der Waals surface area contributed by atoms with E-state index in [9.17, 15) is 0 Å². The standard InChI is InChI=1S/C25H38NO2.BrH/c1-9-27-26(7,8)23(28-22-13-11-10-12-14-22)20-15-17-21(18-16-20)25(5,6)19-24(2,3)4;/h10-18,23H,9,19H2,1-8H3;1H/q+1;/p-1. The van der Waals surface area contributed by atoms with Crippen molar-refractivity contribution in [2.24, 2.45) is 5.41 Å². The van der Waals surface area contributed by atoms with Gasteiger partial charge in [-0.25, -0.2) is 4.84 Å². The maximum atomic E-state index is 6.37. The Labute approximate surface area is 188 Å². The second kappa shape index (κ2) is 10.1. The summed E-state index contributed by atoms with van der Waals surface area (Å²) >= 11 is 0. The molecule has 0 bridgehead atoms. The highest BCUT2D eigenvalue weighted by atomic mass is 79.9. The van der Waals surface area contributed by atoms with Gasteiger partial charge in [-0.1, -0.05) is 65.0 Å². The molecule has 0 radical (unpaired) electrons. The SMILES string of the molecule is CCO[N+](C)(C)C(Oc1ccccc1)c1ccc(C(C)(C)CC(C)(C)C)cc1.[Br-]. The molecule has 2 aromatic rings. The average molecular weight is 464 g/mol. The minimum atomic E-state index is -0.248. The van der Waals surface area contributed by atoms with Crippen LogP contribution in [0.4, 0.5) is 0 Å². The van der Waals surface area contributed by atoms with Crippen LogP contribution in [0.2, 0.25) is 0 Å². The van der Waals surface area contributed by atoms with Gasteiger partial charge >= 0.3 is 0 Å². The number of benzene rings is 2. The van der Waals surface area contributed by atoms with Crippen LogP contribution in [-0.2, 0) is 10.3 Å². The Balaban J connectivity index is 0.00000420. The maximum Gasteiger partial charge on any atom is 0.289 e. The first kappa shape index (κ1) is 25.7. The number of halogens is 1. The average Bonchev–Trinajstić information content (AvgIpc) is 2.58. The zero-order valence-corrected chi connectivity index (χ0v) is 20.9. The monoisotopic (exact) mass is 463 g/mol. The molecule has 0 aliphatic rings. The van der Waals surface area contributed by atoms with E-state index >= 15 is 0 Å². The van der Waals surface area contributed by atoms with Crippen LogP contribution in [0.1, 0.15) is 65.3 Å². The molecule has 162 valence electrons. The van der Waals surface area contributed by atoms with Gasteiger partial charge in [-0.3, -0.25) is 0 Å². The summed E-state index contributed by atoms with van der Waals surface area (Å²) in [4.78, 5) is 5.99. The summed E-state index contributed by atoms with van der Waals surface area (Å²) in [5.74, 6) is 0.843. The summed E-state index contributed by atoms with van der Waals surface area (Å²) in [5.41, 5.74) is 2.87. The number of hydrogen-bond acceptors (Lipinski definition) is 2. The van der Waals surface area contributed by atoms with Gasteiger partial charge in [-0.2, -0.15) is 0 Å². The van der Waals surface area contributed by atoms with E-state index in [0.29, 0.717) is 11.3 Å². The highest BCUT2D eigenvalue weighted by molar-refractivity contribution is 5.30. The molecular formula is C25H38BrNO2. The van der Waals surface area contributed by atoms with E-state index in [0.717, 1.165) is 17.7 Å². The molecule has 2 aromatic carbocycles. The Morgan fingerprint density at radius 2 is 1.41 bits per heavy atom. The zero-order chi connectivity index (χ0) is 21.0. The Hall–Kier alpha value is -1.36. The van der Waals surface area contributed by atoms with Gasteiger partial charge in [0.1, 0.15) is 26.5 Å². The Morgan fingerprint density at radius 3 is 1.90 bits per heavy atom. The predicted octanol–water partition coefficient (Wildman–Crippen LogP) is 3.51. The van der Waals surface area contributed by atoms with Crippen molar-refractivity contribution in [2.45, 2.75) is 59.6 Å². The largest absolute Gasteiger partial charge is 1.00 e. The van der Waals surface area contributed by atoms with Crippen molar-refractivity contribution in [1.29, 1.82) is 0 Å². The van der Waals surface area contributed by atoms with Crippen molar-refractivity contribution >= 4 is 0 Å². The van der Waals surface area contributed by atoms with E-state index in [4.69, 9.17) is 9.57 Å². The van der Waals surface area contributed by atoms with E-state index in [1.807, 2.05) is 51.4 Å². The molecule has 0 N–H and O–H groups in total. The number of ether oxygens (including phenoxy) is 1. The van der Waals surface area contributed by atoms with Crippen LogP contribution in [0.25, 0.3) is 0 Å². The second-order valence-corrected chi connectivity index (χ2v) is 9.88. The third-order valence-electron chi connectivity index (χ3n) is 4.97. The van der Waals surface area contributed by atoms with Crippen LogP contribution < -0.4 is 21.7 Å². The molecule has 2 rings (SSSR count). The van der Waals surface area contributed by atoms with Crippen LogP contribution in [0.5, 0.6) is 5.75 Å². The van der Waals surface area contributed by atoms with Gasteiger partial charge in [0.25, 0.3) is 6.23 Å². The third kappa shape index (κ3) is 7.44. The molecular weight excluding hydrogens is 426 g/mol. The number of hydrogen-bond donors (Lipinski definition) is 0. The van der Waals surface area contributed by atoms with Crippen LogP contribution >= 0.6 is 0 Å². The van der Waals surface area contributed by atoms with Gasteiger partial charge in [0.2, 0.25) is 0 Å². The van der Waals surface area contributed by atoms with Crippen molar-refractivity contribution < 1.29 is 31.2 Å². The van der Waals surface area contributed by atoms with E-state index in [-0.39, 0.29) is 34.0 Å². The lowest BCUT2D eigenvalue weighted by atomic mass is 9.72. The van der Waals surface area contributed by atoms with Crippen molar-refractivity contribution in [3.63, 3.8) is 0 Å². The van der Waals surface area contributed by atoms with Crippen LogP contribution in [0.3, 0.4) is 0 Å². The fraction of sp³-hybridized carbons (Fsp3) is 0.520. The number of nitrogens with zero attached hydrogens (tertiary/aromatic N) is 1. The number of para-hydroxylation sites is 1. The van der Waals surface area contributed by atoms with Gasteiger partial charge in [-0.15, -0.1) is 4.65 Å². The van der Waals surface area contributed by atoms with Crippen LogP contribution in [-0.4, -0.2) is 25.3 Å². The van der Waals surface area contributed by atoms with E-state index < -0.39 is 0 Å².